The van der Waals surface area contributed by atoms with Gasteiger partial charge in [-0.25, -0.2) is 0 Å². The fourth-order valence-corrected chi connectivity index (χ4v) is 2.76. The number of halogens is 1. The summed E-state index contributed by atoms with van der Waals surface area (Å²) in [5.41, 5.74) is 8.30. The van der Waals surface area contributed by atoms with Gasteiger partial charge in [0, 0.05) is 31.2 Å². The normalized spacial score (nSPS) is 23.8. The number of nitrogens with two attached hydrogens (primary N) is 1. The average molecular weight is 268 g/mol. The van der Waals surface area contributed by atoms with Gasteiger partial charge in [0.25, 0.3) is 0 Å². The second-order valence-corrected chi connectivity index (χ2v) is 5.76. The van der Waals surface area contributed by atoms with Crippen molar-refractivity contribution in [2.24, 2.45) is 5.73 Å². The Kier molecular flexibility index (Phi) is 4.36. The van der Waals surface area contributed by atoms with Crippen molar-refractivity contribution < 1.29 is 0 Å². The number of benzene rings is 1. The lowest BCUT2D eigenvalue weighted by Crippen LogP contribution is -2.35. The van der Waals surface area contributed by atoms with Crippen molar-refractivity contribution in [2.75, 3.05) is 24.3 Å². The monoisotopic (exact) mass is 267 g/mol. The topological polar surface area (TPSA) is 41.3 Å². The molecular formula is C14H22ClN3. The zero-order valence-corrected chi connectivity index (χ0v) is 11.9. The van der Waals surface area contributed by atoms with E-state index in [4.69, 9.17) is 17.3 Å². The van der Waals surface area contributed by atoms with Gasteiger partial charge in [0.15, 0.2) is 0 Å². The number of nitrogens with zero attached hydrogens (tertiary/aromatic N) is 1. The summed E-state index contributed by atoms with van der Waals surface area (Å²) in [5, 5.41) is 4.36. The summed E-state index contributed by atoms with van der Waals surface area (Å²) in [6.07, 6.45) is 4.58. The van der Waals surface area contributed by atoms with Crippen LogP contribution in [-0.2, 0) is 0 Å². The zero-order valence-electron chi connectivity index (χ0n) is 11.1. The summed E-state index contributed by atoms with van der Waals surface area (Å²) < 4.78 is 0. The van der Waals surface area contributed by atoms with E-state index in [2.05, 4.69) is 10.2 Å². The molecule has 3 nitrogen and oxygen atoms in total. The molecule has 0 heterocycles. The summed E-state index contributed by atoms with van der Waals surface area (Å²) in [5.74, 6) is 0. The molecule has 0 bridgehead atoms. The van der Waals surface area contributed by atoms with Crippen molar-refractivity contribution in [3.8, 4) is 0 Å². The van der Waals surface area contributed by atoms with Gasteiger partial charge in [0.05, 0.1) is 11.4 Å². The summed E-state index contributed by atoms with van der Waals surface area (Å²) >= 11 is 6.08. The lowest BCUT2D eigenvalue weighted by Gasteiger charge is -2.30. The lowest BCUT2D eigenvalue weighted by molar-refractivity contribution is 0.409. The third-order valence-corrected chi connectivity index (χ3v) is 3.75. The van der Waals surface area contributed by atoms with Crippen LogP contribution in [-0.4, -0.2) is 26.2 Å². The standard InChI is InChI=1S/C14H22ClN3/c1-18(2)14-7-6-10(15)8-13(14)17-12-5-3-4-11(16)9-12/h6-8,11-12,17H,3-5,9,16H2,1-2H3. The maximum atomic E-state index is 6.08. The Morgan fingerprint density at radius 2 is 2.11 bits per heavy atom. The van der Waals surface area contributed by atoms with E-state index in [1.807, 2.05) is 32.3 Å². The highest BCUT2D eigenvalue weighted by molar-refractivity contribution is 6.31. The molecule has 2 atom stereocenters. The first kappa shape index (κ1) is 13.5. The largest absolute Gasteiger partial charge is 0.381 e. The second kappa shape index (κ2) is 5.81. The van der Waals surface area contributed by atoms with Crippen molar-refractivity contribution in [2.45, 2.75) is 37.8 Å². The van der Waals surface area contributed by atoms with Crippen LogP contribution in [0.1, 0.15) is 25.7 Å². The van der Waals surface area contributed by atoms with Crippen molar-refractivity contribution in [3.05, 3.63) is 23.2 Å². The van der Waals surface area contributed by atoms with E-state index >= 15 is 0 Å². The molecule has 100 valence electrons. The first-order valence-electron chi connectivity index (χ1n) is 6.55. The smallest absolute Gasteiger partial charge is 0.0597 e. The van der Waals surface area contributed by atoms with E-state index in [0.29, 0.717) is 12.1 Å². The van der Waals surface area contributed by atoms with Gasteiger partial charge in [-0.3, -0.25) is 0 Å². The number of rotatable bonds is 3. The summed E-state index contributed by atoms with van der Waals surface area (Å²) in [4.78, 5) is 2.10. The highest BCUT2D eigenvalue weighted by Gasteiger charge is 2.20. The van der Waals surface area contributed by atoms with Crippen LogP contribution in [0.4, 0.5) is 11.4 Å². The molecule has 1 aliphatic carbocycles. The SMILES string of the molecule is CN(C)c1ccc(Cl)cc1NC1CCCC(N)C1. The Morgan fingerprint density at radius 3 is 2.78 bits per heavy atom. The van der Waals surface area contributed by atoms with Crippen molar-refractivity contribution in [3.63, 3.8) is 0 Å². The molecule has 0 aromatic heterocycles. The predicted molar refractivity (Wildman–Crippen MR) is 79.6 cm³/mol. The Balaban J connectivity index is 2.14. The zero-order chi connectivity index (χ0) is 13.1. The molecule has 1 aliphatic rings. The van der Waals surface area contributed by atoms with Crippen molar-refractivity contribution in [1.29, 1.82) is 0 Å². The molecule has 4 heteroatoms. The minimum Gasteiger partial charge on any atom is -0.381 e. The van der Waals surface area contributed by atoms with Gasteiger partial charge in [0.1, 0.15) is 0 Å². The van der Waals surface area contributed by atoms with Gasteiger partial charge < -0.3 is 16.0 Å². The first-order chi connectivity index (χ1) is 8.56. The molecule has 1 fully saturated rings. The van der Waals surface area contributed by atoms with Crippen LogP contribution < -0.4 is 16.0 Å². The molecule has 1 saturated carbocycles. The van der Waals surface area contributed by atoms with Crippen LogP contribution in [0.2, 0.25) is 5.02 Å². The molecule has 18 heavy (non-hydrogen) atoms. The summed E-state index contributed by atoms with van der Waals surface area (Å²) in [6, 6.07) is 6.77. The Hall–Kier alpha value is -0.930. The fraction of sp³-hybridized carbons (Fsp3) is 0.571. The van der Waals surface area contributed by atoms with Gasteiger partial charge in [-0.15, -0.1) is 0 Å². The van der Waals surface area contributed by atoms with E-state index in [9.17, 15) is 0 Å². The maximum absolute atomic E-state index is 6.08. The van der Waals surface area contributed by atoms with E-state index in [1.165, 1.54) is 18.5 Å². The third kappa shape index (κ3) is 3.30. The third-order valence-electron chi connectivity index (χ3n) is 3.51. The molecule has 0 spiro atoms. The Labute approximate surface area is 114 Å². The fourth-order valence-electron chi connectivity index (χ4n) is 2.59. The van der Waals surface area contributed by atoms with E-state index in [1.54, 1.807) is 0 Å². The van der Waals surface area contributed by atoms with Crippen LogP contribution in [0.25, 0.3) is 0 Å². The quantitative estimate of drug-likeness (QED) is 0.884. The molecule has 1 aromatic carbocycles. The van der Waals surface area contributed by atoms with Crippen molar-refractivity contribution in [1.82, 2.24) is 0 Å². The van der Waals surface area contributed by atoms with Crippen LogP contribution in [0.5, 0.6) is 0 Å². The molecule has 0 radical (unpaired) electrons. The molecule has 0 saturated heterocycles. The van der Waals surface area contributed by atoms with E-state index < -0.39 is 0 Å². The van der Waals surface area contributed by atoms with Gasteiger partial charge in [-0.05, 0) is 43.9 Å². The summed E-state index contributed by atoms with van der Waals surface area (Å²) in [6.45, 7) is 0. The van der Waals surface area contributed by atoms with Gasteiger partial charge in [-0.1, -0.05) is 11.6 Å². The van der Waals surface area contributed by atoms with Gasteiger partial charge in [0.2, 0.25) is 0 Å². The molecule has 2 rings (SSSR count). The molecule has 2 unspecified atom stereocenters. The number of anilines is 2. The lowest BCUT2D eigenvalue weighted by atomic mass is 9.91. The minimum absolute atomic E-state index is 0.332. The van der Waals surface area contributed by atoms with Crippen LogP contribution in [0.15, 0.2) is 18.2 Å². The predicted octanol–water partition coefficient (Wildman–Crippen LogP) is 3.09. The number of hydrogen-bond donors (Lipinski definition) is 2. The van der Waals surface area contributed by atoms with E-state index in [-0.39, 0.29) is 0 Å². The van der Waals surface area contributed by atoms with Crippen LogP contribution >= 0.6 is 11.6 Å². The minimum atomic E-state index is 0.332. The highest BCUT2D eigenvalue weighted by Crippen LogP contribution is 2.30. The van der Waals surface area contributed by atoms with Gasteiger partial charge >= 0.3 is 0 Å². The number of nitrogens with one attached hydrogen (secondary N) is 1. The van der Waals surface area contributed by atoms with Crippen LogP contribution in [0.3, 0.4) is 0 Å². The molecule has 0 amide bonds. The Morgan fingerprint density at radius 1 is 1.33 bits per heavy atom. The molecule has 3 N–H and O–H groups in total. The average Bonchev–Trinajstić information content (AvgIpc) is 2.28. The molecule has 0 aliphatic heterocycles. The van der Waals surface area contributed by atoms with Crippen molar-refractivity contribution >= 4 is 23.0 Å². The molecular weight excluding hydrogens is 246 g/mol. The second-order valence-electron chi connectivity index (χ2n) is 5.32. The first-order valence-corrected chi connectivity index (χ1v) is 6.93. The Bertz CT molecular complexity index is 406. The highest BCUT2D eigenvalue weighted by atomic mass is 35.5. The number of hydrogen-bond acceptors (Lipinski definition) is 3. The molecule has 1 aromatic rings. The van der Waals surface area contributed by atoms with Crippen LogP contribution in [0, 0.1) is 0 Å². The van der Waals surface area contributed by atoms with Gasteiger partial charge in [-0.2, -0.15) is 0 Å². The summed E-state index contributed by atoms with van der Waals surface area (Å²) in [7, 11) is 4.09. The van der Waals surface area contributed by atoms with E-state index in [0.717, 1.165) is 23.6 Å². The maximum Gasteiger partial charge on any atom is 0.0597 e.